The number of aromatic amines is 1. The van der Waals surface area contributed by atoms with E-state index < -0.39 is 0 Å². The quantitative estimate of drug-likeness (QED) is 0.590. The van der Waals surface area contributed by atoms with Crippen LogP contribution in [0.5, 0.6) is 0 Å². The van der Waals surface area contributed by atoms with Crippen molar-refractivity contribution in [3.05, 3.63) is 65.4 Å². The topological polar surface area (TPSA) is 53.6 Å². The summed E-state index contributed by atoms with van der Waals surface area (Å²) >= 11 is 6.02. The summed E-state index contributed by atoms with van der Waals surface area (Å²) in [6.45, 7) is 0.655. The molecule has 4 rings (SSSR count). The van der Waals surface area contributed by atoms with Crippen molar-refractivity contribution in [2.24, 2.45) is 0 Å². The van der Waals surface area contributed by atoms with Gasteiger partial charge in [-0.3, -0.25) is 0 Å². The van der Waals surface area contributed by atoms with E-state index in [1.807, 2.05) is 42.5 Å². The highest BCUT2D eigenvalue weighted by molar-refractivity contribution is 6.30. The van der Waals surface area contributed by atoms with Crippen LogP contribution in [0.4, 0.5) is 5.82 Å². The number of hydrogen-bond donors (Lipinski definition) is 2. The molecule has 0 aliphatic heterocycles. The normalized spacial score (nSPS) is 11.1. The van der Waals surface area contributed by atoms with Crippen LogP contribution in [0.15, 0.2) is 54.9 Å². The lowest BCUT2D eigenvalue weighted by molar-refractivity contribution is 1.10. The molecule has 2 aromatic heterocycles. The highest BCUT2D eigenvalue weighted by atomic mass is 35.5. The minimum atomic E-state index is 0.655. The molecule has 2 aromatic carbocycles. The molecule has 0 amide bonds. The van der Waals surface area contributed by atoms with Crippen LogP contribution in [0.3, 0.4) is 0 Å². The van der Waals surface area contributed by atoms with Gasteiger partial charge in [-0.2, -0.15) is 0 Å². The second kappa shape index (κ2) is 5.31. The number of H-pyrrole nitrogens is 1. The minimum absolute atomic E-state index is 0.655. The Kier molecular flexibility index (Phi) is 3.16. The van der Waals surface area contributed by atoms with Crippen molar-refractivity contribution < 1.29 is 0 Å². The summed E-state index contributed by atoms with van der Waals surface area (Å²) in [6.07, 6.45) is 1.59. The maximum Gasteiger partial charge on any atom is 0.154 e. The van der Waals surface area contributed by atoms with E-state index in [1.165, 1.54) is 0 Å². The third kappa shape index (κ3) is 2.27. The molecule has 0 unspecified atom stereocenters. The number of nitrogens with zero attached hydrogens (tertiary/aromatic N) is 2. The smallest absolute Gasteiger partial charge is 0.154 e. The summed E-state index contributed by atoms with van der Waals surface area (Å²) in [6, 6.07) is 15.9. The molecule has 5 heteroatoms. The fourth-order valence-corrected chi connectivity index (χ4v) is 2.82. The summed E-state index contributed by atoms with van der Waals surface area (Å²) in [5.74, 6) is 0.793. The number of nitrogens with one attached hydrogen (secondary N) is 2. The van der Waals surface area contributed by atoms with Gasteiger partial charge in [-0.15, -0.1) is 0 Å². The molecule has 22 heavy (non-hydrogen) atoms. The Hall–Kier alpha value is -2.59. The van der Waals surface area contributed by atoms with E-state index in [2.05, 4.69) is 26.3 Å². The van der Waals surface area contributed by atoms with Crippen molar-refractivity contribution in [3.8, 4) is 0 Å². The predicted octanol–water partition coefficient (Wildman–Crippen LogP) is 4.38. The Bertz CT molecular complexity index is 961. The molecule has 4 nitrogen and oxygen atoms in total. The number of fused-ring (bicyclic) bond motifs is 3. The highest BCUT2D eigenvalue weighted by Gasteiger charge is 2.09. The highest BCUT2D eigenvalue weighted by Crippen LogP contribution is 2.27. The van der Waals surface area contributed by atoms with Gasteiger partial charge in [0.15, 0.2) is 5.82 Å². The molecule has 0 radical (unpaired) electrons. The first-order valence-electron chi connectivity index (χ1n) is 7.01. The number of benzene rings is 2. The van der Waals surface area contributed by atoms with Crippen molar-refractivity contribution in [2.75, 3.05) is 5.32 Å². The van der Waals surface area contributed by atoms with Crippen LogP contribution < -0.4 is 5.32 Å². The van der Waals surface area contributed by atoms with E-state index in [0.29, 0.717) is 6.54 Å². The van der Waals surface area contributed by atoms with Crippen molar-refractivity contribution >= 4 is 39.4 Å². The number of para-hydroxylation sites is 1. The number of halogens is 1. The monoisotopic (exact) mass is 308 g/mol. The zero-order chi connectivity index (χ0) is 14.9. The molecule has 0 fully saturated rings. The summed E-state index contributed by atoms with van der Waals surface area (Å²) in [5, 5.41) is 5.19. The Balaban J connectivity index is 1.72. The summed E-state index contributed by atoms with van der Waals surface area (Å²) in [7, 11) is 0. The molecule has 4 aromatic rings. The first-order chi connectivity index (χ1) is 10.8. The van der Waals surface area contributed by atoms with Gasteiger partial charge in [0.2, 0.25) is 0 Å². The second-order valence-electron chi connectivity index (χ2n) is 5.10. The lowest BCUT2D eigenvalue weighted by Gasteiger charge is -2.06. The molecule has 2 heterocycles. The maximum absolute atomic E-state index is 6.02. The lowest BCUT2D eigenvalue weighted by atomic mass is 10.2. The van der Waals surface area contributed by atoms with Gasteiger partial charge in [-0.25, -0.2) is 9.97 Å². The number of anilines is 1. The number of rotatable bonds is 3. The molecular weight excluding hydrogens is 296 g/mol. The van der Waals surface area contributed by atoms with E-state index in [0.717, 1.165) is 38.3 Å². The molecule has 108 valence electrons. The van der Waals surface area contributed by atoms with Gasteiger partial charge in [0.05, 0.1) is 0 Å². The fourth-order valence-electron chi connectivity index (χ4n) is 2.61. The second-order valence-corrected chi connectivity index (χ2v) is 5.54. The molecule has 0 bridgehead atoms. The third-order valence-corrected chi connectivity index (χ3v) is 3.87. The third-order valence-electron chi connectivity index (χ3n) is 3.64. The van der Waals surface area contributed by atoms with E-state index in [1.54, 1.807) is 6.33 Å². The SMILES string of the molecule is Clc1cccc(CNc2ncnc3c2[nH]c2ccccc23)c1. The van der Waals surface area contributed by atoms with Gasteiger partial charge in [0.1, 0.15) is 17.4 Å². The maximum atomic E-state index is 6.02. The van der Waals surface area contributed by atoms with E-state index in [-0.39, 0.29) is 0 Å². The average Bonchev–Trinajstić information content (AvgIpc) is 2.92. The Labute approximate surface area is 132 Å². The summed E-state index contributed by atoms with van der Waals surface area (Å²) in [4.78, 5) is 12.1. The first kappa shape index (κ1) is 13.1. The zero-order valence-corrected chi connectivity index (χ0v) is 12.4. The summed E-state index contributed by atoms with van der Waals surface area (Å²) in [5.41, 5.74) is 4.02. The van der Waals surface area contributed by atoms with E-state index >= 15 is 0 Å². The fraction of sp³-hybridized carbons (Fsp3) is 0.0588. The molecule has 0 saturated carbocycles. The van der Waals surface area contributed by atoms with Gasteiger partial charge in [-0.05, 0) is 23.8 Å². The van der Waals surface area contributed by atoms with Crippen LogP contribution in [-0.4, -0.2) is 15.0 Å². The standard InChI is InChI=1S/C17H13ClN4/c18-12-5-3-4-11(8-12)9-19-17-16-15(20-10-21-17)13-6-1-2-7-14(13)22-16/h1-8,10,22H,9H2,(H,19,20,21). The van der Waals surface area contributed by atoms with Gasteiger partial charge in [0.25, 0.3) is 0 Å². The van der Waals surface area contributed by atoms with Gasteiger partial charge in [-0.1, -0.05) is 41.9 Å². The predicted molar refractivity (Wildman–Crippen MR) is 90.2 cm³/mol. The molecule has 0 spiro atoms. The lowest BCUT2D eigenvalue weighted by Crippen LogP contribution is -2.02. The van der Waals surface area contributed by atoms with Crippen LogP contribution in [0.1, 0.15) is 5.56 Å². The number of aromatic nitrogens is 3. The molecule has 0 atom stereocenters. The van der Waals surface area contributed by atoms with Crippen molar-refractivity contribution in [2.45, 2.75) is 6.54 Å². The minimum Gasteiger partial charge on any atom is -0.364 e. The first-order valence-corrected chi connectivity index (χ1v) is 7.39. The molecule has 0 aliphatic rings. The van der Waals surface area contributed by atoms with Crippen molar-refractivity contribution in [1.82, 2.24) is 15.0 Å². The number of hydrogen-bond acceptors (Lipinski definition) is 3. The Morgan fingerprint density at radius 3 is 2.86 bits per heavy atom. The molecular formula is C17H13ClN4. The largest absolute Gasteiger partial charge is 0.364 e. The van der Waals surface area contributed by atoms with Gasteiger partial charge >= 0.3 is 0 Å². The average molecular weight is 309 g/mol. The van der Waals surface area contributed by atoms with Crippen molar-refractivity contribution in [1.29, 1.82) is 0 Å². The zero-order valence-electron chi connectivity index (χ0n) is 11.7. The molecule has 0 aliphatic carbocycles. The van der Waals surface area contributed by atoms with Crippen LogP contribution in [-0.2, 0) is 6.54 Å². The molecule has 2 N–H and O–H groups in total. The van der Waals surface area contributed by atoms with E-state index in [4.69, 9.17) is 11.6 Å². The Morgan fingerprint density at radius 2 is 1.95 bits per heavy atom. The van der Waals surface area contributed by atoms with Gasteiger partial charge < -0.3 is 10.3 Å². The van der Waals surface area contributed by atoms with Crippen molar-refractivity contribution in [3.63, 3.8) is 0 Å². The summed E-state index contributed by atoms with van der Waals surface area (Å²) < 4.78 is 0. The van der Waals surface area contributed by atoms with E-state index in [9.17, 15) is 0 Å². The van der Waals surface area contributed by atoms with Crippen LogP contribution in [0.25, 0.3) is 21.9 Å². The Morgan fingerprint density at radius 1 is 1.05 bits per heavy atom. The van der Waals surface area contributed by atoms with Gasteiger partial charge in [0, 0.05) is 22.5 Å². The van der Waals surface area contributed by atoms with Crippen LogP contribution in [0.2, 0.25) is 5.02 Å². The molecule has 0 saturated heterocycles. The van der Waals surface area contributed by atoms with Crippen LogP contribution in [0, 0.1) is 0 Å². The van der Waals surface area contributed by atoms with Crippen LogP contribution >= 0.6 is 11.6 Å².